The van der Waals surface area contributed by atoms with Crippen LogP contribution in [0, 0.1) is 0 Å². The topological polar surface area (TPSA) is 86.5 Å². The van der Waals surface area contributed by atoms with Gasteiger partial charge in [-0.2, -0.15) is 11.3 Å². The summed E-state index contributed by atoms with van der Waals surface area (Å²) >= 11 is 1.47. The molecule has 146 valence electrons. The van der Waals surface area contributed by atoms with Crippen molar-refractivity contribution in [2.24, 2.45) is 0 Å². The lowest BCUT2D eigenvalue weighted by molar-refractivity contribution is 0.102. The fourth-order valence-corrected chi connectivity index (χ4v) is 3.20. The monoisotopic (exact) mass is 407 g/mol. The second kappa shape index (κ2) is 8.57. The van der Waals surface area contributed by atoms with Crippen LogP contribution in [0.5, 0.6) is 11.5 Å². The van der Waals surface area contributed by atoms with Crippen LogP contribution in [0.25, 0.3) is 11.5 Å². The fraction of sp³-hybridized carbons (Fsp3) is 0.0952. The number of hydrogen-bond acceptors (Lipinski definition) is 7. The molecule has 0 atom stereocenters. The molecule has 1 N–H and O–H groups in total. The molecule has 0 spiro atoms. The van der Waals surface area contributed by atoms with Crippen molar-refractivity contribution >= 4 is 22.9 Å². The molecule has 8 heteroatoms. The number of anilines is 1. The lowest BCUT2D eigenvalue weighted by Gasteiger charge is -2.07. The van der Waals surface area contributed by atoms with Gasteiger partial charge in [0.05, 0.1) is 12.7 Å². The molecule has 2 aromatic heterocycles. The minimum Gasteiger partial charge on any atom is -0.497 e. The number of rotatable bonds is 7. The average Bonchev–Trinajstić information content (AvgIpc) is 3.45. The molecular weight excluding hydrogens is 390 g/mol. The Labute approximate surface area is 170 Å². The highest BCUT2D eigenvalue weighted by atomic mass is 32.1. The van der Waals surface area contributed by atoms with Crippen LogP contribution in [0.2, 0.25) is 0 Å². The Kier molecular flexibility index (Phi) is 5.53. The number of carbonyl (C=O) groups is 1. The summed E-state index contributed by atoms with van der Waals surface area (Å²) in [5.41, 5.74) is 2.06. The van der Waals surface area contributed by atoms with Gasteiger partial charge in [-0.15, -0.1) is 10.2 Å². The van der Waals surface area contributed by atoms with Gasteiger partial charge in [0.1, 0.15) is 11.5 Å². The quantitative estimate of drug-likeness (QED) is 0.480. The number of nitrogens with zero attached hydrogens (tertiary/aromatic N) is 2. The summed E-state index contributed by atoms with van der Waals surface area (Å²) in [5.74, 6) is 1.93. The summed E-state index contributed by atoms with van der Waals surface area (Å²) in [4.78, 5) is 12.2. The molecule has 7 nitrogen and oxygen atoms in total. The first-order valence-corrected chi connectivity index (χ1v) is 9.69. The zero-order valence-electron chi connectivity index (χ0n) is 15.5. The van der Waals surface area contributed by atoms with Crippen LogP contribution in [-0.2, 0) is 6.61 Å². The van der Waals surface area contributed by atoms with Gasteiger partial charge in [0.25, 0.3) is 11.8 Å². The first-order valence-electron chi connectivity index (χ1n) is 8.74. The first-order chi connectivity index (χ1) is 14.2. The molecule has 0 saturated heterocycles. The van der Waals surface area contributed by atoms with Gasteiger partial charge in [-0.25, -0.2) is 0 Å². The van der Waals surface area contributed by atoms with Crippen molar-refractivity contribution < 1.29 is 18.7 Å². The summed E-state index contributed by atoms with van der Waals surface area (Å²) in [5, 5.41) is 14.6. The van der Waals surface area contributed by atoms with Crippen LogP contribution >= 0.6 is 11.3 Å². The maximum absolute atomic E-state index is 12.2. The van der Waals surface area contributed by atoms with Crippen molar-refractivity contribution in [3.8, 4) is 23.0 Å². The van der Waals surface area contributed by atoms with E-state index in [1.54, 1.807) is 42.8 Å². The normalized spacial score (nSPS) is 10.5. The molecule has 2 aromatic carbocycles. The van der Waals surface area contributed by atoms with Gasteiger partial charge in [-0.05, 0) is 47.8 Å². The van der Waals surface area contributed by atoms with E-state index in [9.17, 15) is 4.79 Å². The molecule has 0 aliphatic carbocycles. The molecule has 4 aromatic rings. The third kappa shape index (κ3) is 4.61. The Hall–Kier alpha value is -3.65. The third-order valence-corrected chi connectivity index (χ3v) is 4.72. The van der Waals surface area contributed by atoms with E-state index in [-0.39, 0.29) is 12.5 Å². The van der Waals surface area contributed by atoms with E-state index >= 15 is 0 Å². The number of nitrogens with one attached hydrogen (secondary N) is 1. The third-order valence-electron chi connectivity index (χ3n) is 4.04. The number of ether oxygens (including phenoxy) is 2. The lowest BCUT2D eigenvalue weighted by Crippen LogP contribution is -2.10. The van der Waals surface area contributed by atoms with Gasteiger partial charge >= 0.3 is 0 Å². The van der Waals surface area contributed by atoms with Crippen LogP contribution in [0.4, 0.5) is 5.69 Å². The number of hydrogen-bond donors (Lipinski definition) is 1. The molecule has 0 unspecified atom stereocenters. The molecule has 29 heavy (non-hydrogen) atoms. The minimum absolute atomic E-state index is 0.116. The van der Waals surface area contributed by atoms with Crippen molar-refractivity contribution in [3.05, 3.63) is 76.8 Å². The van der Waals surface area contributed by atoms with E-state index in [2.05, 4.69) is 15.5 Å². The summed E-state index contributed by atoms with van der Waals surface area (Å²) in [6.45, 7) is 0.116. The zero-order valence-corrected chi connectivity index (χ0v) is 16.3. The fourth-order valence-electron chi connectivity index (χ4n) is 2.57. The van der Waals surface area contributed by atoms with Gasteiger partial charge in [-0.1, -0.05) is 6.07 Å². The smallest absolute Gasteiger partial charge is 0.256 e. The molecule has 0 radical (unpaired) electrons. The molecule has 4 rings (SSSR count). The maximum atomic E-state index is 12.2. The van der Waals surface area contributed by atoms with Crippen molar-refractivity contribution in [3.63, 3.8) is 0 Å². The number of amides is 1. The van der Waals surface area contributed by atoms with Crippen molar-refractivity contribution in [2.75, 3.05) is 12.4 Å². The van der Waals surface area contributed by atoms with Crippen LogP contribution in [0.15, 0.2) is 69.8 Å². The number of aromatic nitrogens is 2. The summed E-state index contributed by atoms with van der Waals surface area (Å²) < 4.78 is 16.5. The Morgan fingerprint density at radius 1 is 1.10 bits per heavy atom. The predicted molar refractivity (Wildman–Crippen MR) is 109 cm³/mol. The van der Waals surface area contributed by atoms with E-state index < -0.39 is 0 Å². The number of carbonyl (C=O) groups excluding carboxylic acids is 1. The summed E-state index contributed by atoms with van der Waals surface area (Å²) in [7, 11) is 1.61. The number of thiophene rings is 1. The zero-order chi connectivity index (χ0) is 20.1. The van der Waals surface area contributed by atoms with Crippen LogP contribution in [0.1, 0.15) is 16.2 Å². The number of benzene rings is 2. The summed E-state index contributed by atoms with van der Waals surface area (Å²) in [6, 6.07) is 16.2. The van der Waals surface area contributed by atoms with E-state index in [1.807, 2.05) is 29.6 Å². The SMILES string of the molecule is COc1ccc(-c2nnc(COc3cccc(NC(=O)c4ccsc4)c3)o2)cc1. The molecule has 1 amide bonds. The molecule has 2 heterocycles. The Bertz CT molecular complexity index is 1090. The van der Waals surface area contributed by atoms with Crippen LogP contribution in [-0.4, -0.2) is 23.2 Å². The van der Waals surface area contributed by atoms with Gasteiger partial charge in [0.2, 0.25) is 5.89 Å². The van der Waals surface area contributed by atoms with Gasteiger partial charge in [0, 0.05) is 22.7 Å². The predicted octanol–water partition coefficient (Wildman–Crippen LogP) is 4.64. The van der Waals surface area contributed by atoms with E-state index in [0.29, 0.717) is 28.8 Å². The largest absolute Gasteiger partial charge is 0.497 e. The Balaban J connectivity index is 1.38. The maximum Gasteiger partial charge on any atom is 0.256 e. The Morgan fingerprint density at radius 3 is 2.72 bits per heavy atom. The number of methoxy groups -OCH3 is 1. The first kappa shape index (κ1) is 18.7. The standard InChI is InChI=1S/C21H17N3O4S/c1-26-17-7-5-14(6-8-17)21-24-23-19(28-21)12-27-18-4-2-3-16(11-18)22-20(25)15-9-10-29-13-15/h2-11,13H,12H2,1H3,(H,22,25). The van der Waals surface area contributed by atoms with Gasteiger partial charge < -0.3 is 19.2 Å². The van der Waals surface area contributed by atoms with Crippen molar-refractivity contribution in [1.29, 1.82) is 0 Å². The minimum atomic E-state index is -0.163. The molecule has 0 aliphatic rings. The second-order valence-electron chi connectivity index (χ2n) is 6.01. The van der Waals surface area contributed by atoms with E-state index in [4.69, 9.17) is 13.9 Å². The van der Waals surface area contributed by atoms with E-state index in [0.717, 1.165) is 11.3 Å². The van der Waals surface area contributed by atoms with Gasteiger partial charge in [-0.3, -0.25) is 4.79 Å². The molecule has 0 saturated carbocycles. The van der Waals surface area contributed by atoms with Crippen LogP contribution in [0.3, 0.4) is 0 Å². The van der Waals surface area contributed by atoms with Gasteiger partial charge in [0.15, 0.2) is 6.61 Å². The van der Waals surface area contributed by atoms with Crippen LogP contribution < -0.4 is 14.8 Å². The highest BCUT2D eigenvalue weighted by molar-refractivity contribution is 7.08. The van der Waals surface area contributed by atoms with Crippen molar-refractivity contribution in [2.45, 2.75) is 6.61 Å². The second-order valence-corrected chi connectivity index (χ2v) is 6.79. The molecular formula is C21H17N3O4S. The average molecular weight is 407 g/mol. The highest BCUT2D eigenvalue weighted by Gasteiger charge is 2.10. The molecule has 0 fully saturated rings. The highest BCUT2D eigenvalue weighted by Crippen LogP contribution is 2.23. The lowest BCUT2D eigenvalue weighted by atomic mass is 10.2. The van der Waals surface area contributed by atoms with E-state index in [1.165, 1.54) is 11.3 Å². The molecule has 0 bridgehead atoms. The summed E-state index contributed by atoms with van der Waals surface area (Å²) in [6.07, 6.45) is 0. The van der Waals surface area contributed by atoms with Crippen molar-refractivity contribution in [1.82, 2.24) is 10.2 Å². The Morgan fingerprint density at radius 2 is 1.97 bits per heavy atom. The molecule has 0 aliphatic heterocycles.